The lowest BCUT2D eigenvalue weighted by molar-refractivity contribution is -0.116. The summed E-state index contributed by atoms with van der Waals surface area (Å²) < 4.78 is 32.9. The molecule has 8 heteroatoms. The molecule has 1 aromatic heterocycles. The molecule has 4 rings (SSSR count). The number of aromatic nitrogens is 1. The van der Waals surface area contributed by atoms with Gasteiger partial charge in [-0.15, -0.1) is 0 Å². The Labute approximate surface area is 157 Å². The highest BCUT2D eigenvalue weighted by Gasteiger charge is 2.39. The number of amides is 1. The summed E-state index contributed by atoms with van der Waals surface area (Å²) in [6.07, 6.45) is 1.50. The molecule has 0 saturated heterocycles. The molecule has 0 bridgehead atoms. The van der Waals surface area contributed by atoms with Gasteiger partial charge in [-0.1, -0.05) is 41.6 Å². The second kappa shape index (κ2) is 6.79. The maximum absolute atomic E-state index is 13.3. The first-order valence-corrected chi connectivity index (χ1v) is 10.1. The van der Waals surface area contributed by atoms with Crippen molar-refractivity contribution < 1.29 is 17.7 Å². The number of sulfonamides is 1. The van der Waals surface area contributed by atoms with Crippen molar-refractivity contribution in [3.05, 3.63) is 54.3 Å². The zero-order chi connectivity index (χ0) is 19.0. The van der Waals surface area contributed by atoms with E-state index in [4.69, 9.17) is 4.52 Å². The van der Waals surface area contributed by atoms with Gasteiger partial charge in [-0.25, -0.2) is 8.42 Å². The quantitative estimate of drug-likeness (QED) is 0.704. The van der Waals surface area contributed by atoms with Crippen LogP contribution in [-0.2, 0) is 14.8 Å². The molecule has 2 aromatic carbocycles. The van der Waals surface area contributed by atoms with E-state index >= 15 is 0 Å². The van der Waals surface area contributed by atoms with Gasteiger partial charge in [0.05, 0.1) is 11.4 Å². The molecule has 1 aliphatic carbocycles. The molecule has 1 N–H and O–H groups in total. The minimum atomic E-state index is -3.82. The maximum Gasteiger partial charge on any atom is 0.244 e. The molecule has 140 valence electrons. The monoisotopic (exact) mass is 385 g/mol. The van der Waals surface area contributed by atoms with Gasteiger partial charge >= 0.3 is 0 Å². The molecule has 0 aliphatic heterocycles. The van der Waals surface area contributed by atoms with Gasteiger partial charge in [-0.3, -0.25) is 4.79 Å². The molecule has 0 unspecified atom stereocenters. The van der Waals surface area contributed by atoms with Crippen molar-refractivity contribution in [3.8, 4) is 0 Å². The number of carbonyl (C=O) groups excluding carboxylic acids is 1. The van der Waals surface area contributed by atoms with Crippen molar-refractivity contribution in [2.75, 3.05) is 11.9 Å². The van der Waals surface area contributed by atoms with E-state index in [0.29, 0.717) is 11.1 Å². The molecule has 1 fully saturated rings. The minimum absolute atomic E-state index is 0.154. The van der Waals surface area contributed by atoms with Crippen LogP contribution in [0.5, 0.6) is 0 Å². The predicted molar refractivity (Wildman–Crippen MR) is 101 cm³/mol. The molecule has 0 atom stereocenters. The number of nitrogens with zero attached hydrogens (tertiary/aromatic N) is 2. The molecule has 1 aliphatic rings. The SMILES string of the molecule is Cc1cc(NC(=O)CN(C2CC2)S(=O)(=O)c2cccc3ccccc23)no1. The molecular weight excluding hydrogens is 366 g/mol. The summed E-state index contributed by atoms with van der Waals surface area (Å²) in [5.41, 5.74) is 0. The van der Waals surface area contributed by atoms with Crippen molar-refractivity contribution >= 4 is 32.5 Å². The Morgan fingerprint density at radius 1 is 1.22 bits per heavy atom. The summed E-state index contributed by atoms with van der Waals surface area (Å²) in [6, 6.07) is 13.9. The standard InChI is InChI=1S/C19H19N3O4S/c1-13-11-18(21-26-13)20-19(23)12-22(15-9-10-15)27(24,25)17-8-4-6-14-5-2-3-7-16(14)17/h2-8,11,15H,9-10,12H2,1H3,(H,20,21,23). The van der Waals surface area contributed by atoms with Crippen molar-refractivity contribution in [1.82, 2.24) is 9.46 Å². The molecule has 3 aromatic rings. The summed E-state index contributed by atoms with van der Waals surface area (Å²) in [6.45, 7) is 1.45. The maximum atomic E-state index is 13.3. The van der Waals surface area contributed by atoms with Crippen molar-refractivity contribution in [1.29, 1.82) is 0 Å². The van der Waals surface area contributed by atoms with Crippen LogP contribution < -0.4 is 5.32 Å². The average molecular weight is 385 g/mol. The highest BCUT2D eigenvalue weighted by Crippen LogP contribution is 2.34. The molecule has 1 amide bonds. The number of hydrogen-bond acceptors (Lipinski definition) is 5. The van der Waals surface area contributed by atoms with Crippen LogP contribution in [0.2, 0.25) is 0 Å². The fourth-order valence-corrected chi connectivity index (χ4v) is 4.93. The van der Waals surface area contributed by atoms with Gasteiger partial charge < -0.3 is 9.84 Å². The van der Waals surface area contributed by atoms with Gasteiger partial charge in [-0.2, -0.15) is 4.31 Å². The zero-order valence-electron chi connectivity index (χ0n) is 14.8. The Morgan fingerprint density at radius 3 is 2.67 bits per heavy atom. The minimum Gasteiger partial charge on any atom is -0.360 e. The molecule has 0 radical (unpaired) electrons. The fraction of sp³-hybridized carbons (Fsp3) is 0.263. The topological polar surface area (TPSA) is 92.5 Å². The van der Waals surface area contributed by atoms with Gasteiger partial charge in [0.15, 0.2) is 5.82 Å². The number of fused-ring (bicyclic) bond motifs is 1. The second-order valence-corrected chi connectivity index (χ2v) is 8.49. The van der Waals surface area contributed by atoms with Crippen LogP contribution >= 0.6 is 0 Å². The first-order valence-electron chi connectivity index (χ1n) is 8.68. The summed E-state index contributed by atoms with van der Waals surface area (Å²) in [4.78, 5) is 12.6. The largest absolute Gasteiger partial charge is 0.360 e. The van der Waals surface area contributed by atoms with Crippen LogP contribution in [0, 0.1) is 6.92 Å². The number of aryl methyl sites for hydroxylation is 1. The van der Waals surface area contributed by atoms with Crippen LogP contribution in [0.1, 0.15) is 18.6 Å². The average Bonchev–Trinajstić information content (AvgIpc) is 3.41. The van der Waals surface area contributed by atoms with E-state index in [1.165, 1.54) is 4.31 Å². The van der Waals surface area contributed by atoms with E-state index in [9.17, 15) is 13.2 Å². The second-order valence-electron chi connectivity index (χ2n) is 6.63. The predicted octanol–water partition coefficient (Wildman–Crippen LogP) is 2.93. The zero-order valence-corrected chi connectivity index (χ0v) is 15.6. The fourth-order valence-electron chi connectivity index (χ4n) is 3.07. The molecule has 27 heavy (non-hydrogen) atoms. The lowest BCUT2D eigenvalue weighted by Crippen LogP contribution is -2.39. The summed E-state index contributed by atoms with van der Waals surface area (Å²) in [5.74, 6) is 0.391. The van der Waals surface area contributed by atoms with Crippen molar-refractivity contribution in [3.63, 3.8) is 0 Å². The summed E-state index contributed by atoms with van der Waals surface area (Å²) in [7, 11) is -3.82. The normalized spacial score (nSPS) is 14.6. The number of anilines is 1. The lowest BCUT2D eigenvalue weighted by atomic mass is 10.1. The van der Waals surface area contributed by atoms with Gasteiger partial charge in [0.2, 0.25) is 15.9 Å². The van der Waals surface area contributed by atoms with Crippen LogP contribution in [0.4, 0.5) is 5.82 Å². The van der Waals surface area contributed by atoms with E-state index in [1.807, 2.05) is 24.3 Å². The molecule has 7 nitrogen and oxygen atoms in total. The third-order valence-electron chi connectivity index (χ3n) is 4.49. The van der Waals surface area contributed by atoms with Gasteiger partial charge in [0.25, 0.3) is 0 Å². The van der Waals surface area contributed by atoms with Gasteiger partial charge in [0, 0.05) is 17.5 Å². The third kappa shape index (κ3) is 3.58. The third-order valence-corrected chi connectivity index (χ3v) is 6.44. The van der Waals surface area contributed by atoms with Crippen LogP contribution in [0.15, 0.2) is 57.9 Å². The number of benzene rings is 2. The Bertz CT molecular complexity index is 1100. The van der Waals surface area contributed by atoms with Crippen LogP contribution in [-0.4, -0.2) is 36.4 Å². The molecular formula is C19H19N3O4S. The highest BCUT2D eigenvalue weighted by atomic mass is 32.2. The molecule has 1 saturated carbocycles. The Morgan fingerprint density at radius 2 is 1.96 bits per heavy atom. The highest BCUT2D eigenvalue weighted by molar-refractivity contribution is 7.89. The van der Waals surface area contributed by atoms with E-state index in [1.54, 1.807) is 31.2 Å². The number of rotatable bonds is 6. The van der Waals surface area contributed by atoms with E-state index in [2.05, 4.69) is 10.5 Å². The molecule has 1 heterocycles. The molecule has 0 spiro atoms. The number of nitrogens with one attached hydrogen (secondary N) is 1. The van der Waals surface area contributed by atoms with E-state index in [0.717, 1.165) is 18.2 Å². The smallest absolute Gasteiger partial charge is 0.244 e. The Kier molecular flexibility index (Phi) is 4.45. The number of carbonyl (C=O) groups is 1. The van der Waals surface area contributed by atoms with Gasteiger partial charge in [0.1, 0.15) is 5.76 Å². The number of hydrogen-bond donors (Lipinski definition) is 1. The lowest BCUT2D eigenvalue weighted by Gasteiger charge is -2.22. The van der Waals surface area contributed by atoms with Crippen molar-refractivity contribution in [2.45, 2.75) is 30.7 Å². The first-order chi connectivity index (χ1) is 12.9. The van der Waals surface area contributed by atoms with Gasteiger partial charge in [-0.05, 0) is 31.2 Å². The van der Waals surface area contributed by atoms with E-state index < -0.39 is 15.9 Å². The summed E-state index contributed by atoms with van der Waals surface area (Å²) in [5, 5.41) is 7.79. The van der Waals surface area contributed by atoms with Crippen LogP contribution in [0.3, 0.4) is 0 Å². The van der Waals surface area contributed by atoms with Crippen LogP contribution in [0.25, 0.3) is 10.8 Å². The summed E-state index contributed by atoms with van der Waals surface area (Å²) >= 11 is 0. The Balaban J connectivity index is 1.63. The van der Waals surface area contributed by atoms with E-state index in [-0.39, 0.29) is 23.3 Å². The Hall–Kier alpha value is -2.71. The van der Waals surface area contributed by atoms with Crippen molar-refractivity contribution in [2.24, 2.45) is 0 Å². The first kappa shape index (κ1) is 17.7.